The van der Waals surface area contributed by atoms with Crippen LogP contribution in [-0.4, -0.2) is 26.6 Å². The SMILES string of the molecule is COc1nc(NCc2cccc(C(F)(F)F)c2)c2ncn(C(C)C)c2n1. The van der Waals surface area contributed by atoms with Crippen molar-refractivity contribution in [3.05, 3.63) is 41.7 Å². The van der Waals surface area contributed by atoms with Crippen LogP contribution >= 0.6 is 0 Å². The summed E-state index contributed by atoms with van der Waals surface area (Å²) >= 11 is 0. The lowest BCUT2D eigenvalue weighted by Gasteiger charge is -2.11. The van der Waals surface area contributed by atoms with E-state index in [-0.39, 0.29) is 18.6 Å². The molecule has 0 aliphatic carbocycles. The largest absolute Gasteiger partial charge is 0.467 e. The molecule has 0 saturated heterocycles. The molecule has 138 valence electrons. The van der Waals surface area contributed by atoms with Gasteiger partial charge >= 0.3 is 12.2 Å². The lowest BCUT2D eigenvalue weighted by atomic mass is 10.1. The average Bonchev–Trinajstić information content (AvgIpc) is 3.03. The maximum absolute atomic E-state index is 12.8. The molecular formula is C17H18F3N5O. The van der Waals surface area contributed by atoms with Gasteiger partial charge in [-0.15, -0.1) is 0 Å². The third kappa shape index (κ3) is 3.56. The number of imidazole rings is 1. The Hall–Kier alpha value is -2.84. The smallest absolute Gasteiger partial charge is 0.416 e. The van der Waals surface area contributed by atoms with Crippen LogP contribution in [0, 0.1) is 0 Å². The number of rotatable bonds is 5. The van der Waals surface area contributed by atoms with E-state index in [1.165, 1.54) is 13.2 Å². The summed E-state index contributed by atoms with van der Waals surface area (Å²) in [6.45, 7) is 4.14. The van der Waals surface area contributed by atoms with Crippen LogP contribution in [0.5, 0.6) is 6.01 Å². The fraction of sp³-hybridized carbons (Fsp3) is 0.353. The molecule has 0 atom stereocenters. The Morgan fingerprint density at radius 3 is 2.65 bits per heavy atom. The van der Waals surface area contributed by atoms with Gasteiger partial charge < -0.3 is 14.6 Å². The van der Waals surface area contributed by atoms with Gasteiger partial charge in [-0.05, 0) is 31.5 Å². The van der Waals surface area contributed by atoms with E-state index in [1.807, 2.05) is 18.4 Å². The number of anilines is 1. The minimum atomic E-state index is -4.38. The first-order valence-electron chi connectivity index (χ1n) is 7.98. The second-order valence-corrected chi connectivity index (χ2v) is 6.03. The number of halogens is 3. The molecule has 0 unspecified atom stereocenters. The molecule has 0 aliphatic rings. The highest BCUT2D eigenvalue weighted by atomic mass is 19.4. The number of nitrogens with zero attached hydrogens (tertiary/aromatic N) is 4. The summed E-state index contributed by atoms with van der Waals surface area (Å²) in [7, 11) is 1.45. The number of ether oxygens (including phenoxy) is 1. The van der Waals surface area contributed by atoms with Crippen LogP contribution in [0.25, 0.3) is 11.2 Å². The van der Waals surface area contributed by atoms with Crippen LogP contribution in [0.2, 0.25) is 0 Å². The van der Waals surface area contributed by atoms with Gasteiger partial charge in [0.05, 0.1) is 19.0 Å². The van der Waals surface area contributed by atoms with E-state index < -0.39 is 11.7 Å². The van der Waals surface area contributed by atoms with Gasteiger partial charge in [-0.3, -0.25) is 0 Å². The number of alkyl halides is 3. The van der Waals surface area contributed by atoms with E-state index in [2.05, 4.69) is 20.3 Å². The van der Waals surface area contributed by atoms with Crippen LogP contribution < -0.4 is 10.1 Å². The fourth-order valence-corrected chi connectivity index (χ4v) is 2.53. The van der Waals surface area contributed by atoms with Gasteiger partial charge in [0.15, 0.2) is 17.0 Å². The zero-order valence-corrected chi connectivity index (χ0v) is 14.5. The summed E-state index contributed by atoms with van der Waals surface area (Å²) in [6.07, 6.45) is -2.73. The first kappa shape index (κ1) is 18.0. The summed E-state index contributed by atoms with van der Waals surface area (Å²) in [5.41, 5.74) is 0.921. The zero-order valence-electron chi connectivity index (χ0n) is 14.5. The Morgan fingerprint density at radius 2 is 2.00 bits per heavy atom. The predicted octanol–water partition coefficient (Wildman–Crippen LogP) is 4.05. The second kappa shape index (κ2) is 6.81. The van der Waals surface area contributed by atoms with Gasteiger partial charge in [0.1, 0.15) is 0 Å². The maximum atomic E-state index is 12.8. The summed E-state index contributed by atoms with van der Waals surface area (Å²) in [5.74, 6) is 0.406. The van der Waals surface area contributed by atoms with Crippen molar-refractivity contribution in [1.29, 1.82) is 0 Å². The summed E-state index contributed by atoms with van der Waals surface area (Å²) in [4.78, 5) is 12.9. The zero-order chi connectivity index (χ0) is 18.9. The molecule has 3 aromatic rings. The van der Waals surface area contributed by atoms with Gasteiger partial charge in [0, 0.05) is 12.6 Å². The molecule has 0 amide bonds. The van der Waals surface area contributed by atoms with Crippen molar-refractivity contribution < 1.29 is 17.9 Å². The van der Waals surface area contributed by atoms with E-state index in [4.69, 9.17) is 4.74 Å². The van der Waals surface area contributed by atoms with Crippen molar-refractivity contribution in [2.45, 2.75) is 32.6 Å². The molecule has 2 heterocycles. The van der Waals surface area contributed by atoms with Gasteiger partial charge in [0.2, 0.25) is 0 Å². The Labute approximate surface area is 148 Å². The van der Waals surface area contributed by atoms with E-state index >= 15 is 0 Å². The Kier molecular flexibility index (Phi) is 4.71. The van der Waals surface area contributed by atoms with E-state index in [0.717, 1.165) is 12.1 Å². The molecule has 0 saturated carbocycles. The average molecular weight is 365 g/mol. The highest BCUT2D eigenvalue weighted by molar-refractivity contribution is 5.83. The van der Waals surface area contributed by atoms with Crippen molar-refractivity contribution >= 4 is 17.0 Å². The van der Waals surface area contributed by atoms with Gasteiger partial charge in [-0.1, -0.05) is 12.1 Å². The molecule has 0 aliphatic heterocycles. The Morgan fingerprint density at radius 1 is 1.23 bits per heavy atom. The summed E-state index contributed by atoms with van der Waals surface area (Å²) < 4.78 is 45.5. The van der Waals surface area contributed by atoms with Crippen molar-refractivity contribution in [3.8, 4) is 6.01 Å². The molecule has 0 radical (unpaired) electrons. The first-order valence-corrected chi connectivity index (χ1v) is 7.98. The quantitative estimate of drug-likeness (QED) is 0.739. The molecule has 9 heteroatoms. The lowest BCUT2D eigenvalue weighted by Crippen LogP contribution is -2.08. The van der Waals surface area contributed by atoms with Gasteiger partial charge in [-0.25, -0.2) is 4.98 Å². The standard InChI is InChI=1S/C17H18F3N5O/c1-10(2)25-9-22-13-14(23-16(26-3)24-15(13)25)21-8-11-5-4-6-12(7-11)17(18,19)20/h4-7,9-10H,8H2,1-3H3,(H,21,23,24). The van der Waals surface area contributed by atoms with Crippen molar-refractivity contribution in [2.24, 2.45) is 0 Å². The number of fused-ring (bicyclic) bond motifs is 1. The number of aromatic nitrogens is 4. The van der Waals surface area contributed by atoms with Crippen LogP contribution in [-0.2, 0) is 12.7 Å². The molecule has 1 N–H and O–H groups in total. The van der Waals surface area contributed by atoms with Gasteiger partial charge in [0.25, 0.3) is 0 Å². The monoisotopic (exact) mass is 365 g/mol. The van der Waals surface area contributed by atoms with Gasteiger partial charge in [-0.2, -0.15) is 23.1 Å². The number of benzene rings is 1. The molecule has 6 nitrogen and oxygen atoms in total. The third-order valence-corrected chi connectivity index (χ3v) is 3.85. The predicted molar refractivity (Wildman–Crippen MR) is 91.0 cm³/mol. The minimum Gasteiger partial charge on any atom is -0.467 e. The summed E-state index contributed by atoms with van der Waals surface area (Å²) in [6, 6.07) is 5.44. The number of nitrogens with one attached hydrogen (secondary N) is 1. The highest BCUT2D eigenvalue weighted by Crippen LogP contribution is 2.30. The van der Waals surface area contributed by atoms with Crippen LogP contribution in [0.3, 0.4) is 0 Å². The number of hydrogen-bond acceptors (Lipinski definition) is 5. The third-order valence-electron chi connectivity index (χ3n) is 3.85. The molecular weight excluding hydrogens is 347 g/mol. The molecule has 2 aromatic heterocycles. The fourth-order valence-electron chi connectivity index (χ4n) is 2.53. The Balaban J connectivity index is 1.92. The number of hydrogen-bond donors (Lipinski definition) is 1. The lowest BCUT2D eigenvalue weighted by molar-refractivity contribution is -0.137. The normalized spacial score (nSPS) is 12.0. The molecule has 0 fully saturated rings. The van der Waals surface area contributed by atoms with Crippen molar-refractivity contribution in [1.82, 2.24) is 19.5 Å². The molecule has 1 aromatic carbocycles. The molecule has 3 rings (SSSR count). The van der Waals surface area contributed by atoms with Crippen LogP contribution in [0.4, 0.5) is 19.0 Å². The molecule has 0 bridgehead atoms. The maximum Gasteiger partial charge on any atom is 0.416 e. The van der Waals surface area contributed by atoms with E-state index in [0.29, 0.717) is 22.5 Å². The van der Waals surface area contributed by atoms with Crippen molar-refractivity contribution in [2.75, 3.05) is 12.4 Å². The minimum absolute atomic E-state index is 0.135. The molecule has 26 heavy (non-hydrogen) atoms. The topological polar surface area (TPSA) is 64.9 Å². The van der Waals surface area contributed by atoms with Crippen LogP contribution in [0.1, 0.15) is 31.0 Å². The number of methoxy groups -OCH3 is 1. The Bertz CT molecular complexity index is 920. The highest BCUT2D eigenvalue weighted by Gasteiger charge is 2.30. The van der Waals surface area contributed by atoms with E-state index in [9.17, 15) is 13.2 Å². The van der Waals surface area contributed by atoms with E-state index in [1.54, 1.807) is 12.4 Å². The van der Waals surface area contributed by atoms with Crippen molar-refractivity contribution in [3.63, 3.8) is 0 Å². The first-order chi connectivity index (χ1) is 12.3. The summed E-state index contributed by atoms with van der Waals surface area (Å²) in [5, 5.41) is 3.04. The van der Waals surface area contributed by atoms with Crippen LogP contribution in [0.15, 0.2) is 30.6 Å². The molecule has 0 spiro atoms. The second-order valence-electron chi connectivity index (χ2n) is 6.03.